The van der Waals surface area contributed by atoms with Crippen molar-refractivity contribution in [1.29, 1.82) is 0 Å². The predicted octanol–water partition coefficient (Wildman–Crippen LogP) is 0.682. The van der Waals surface area contributed by atoms with Crippen molar-refractivity contribution >= 4 is 16.3 Å². The third-order valence-corrected chi connectivity index (χ3v) is 2.43. The highest BCUT2D eigenvalue weighted by atomic mass is 32.1. The van der Waals surface area contributed by atoms with Crippen molar-refractivity contribution in [3.8, 4) is 0 Å². The summed E-state index contributed by atoms with van der Waals surface area (Å²) in [5.41, 5.74) is 0. The van der Waals surface area contributed by atoms with E-state index >= 15 is 0 Å². The number of aliphatic hydroxyl groups is 2. The molecule has 0 aromatic carbocycles. The SMILES string of the molecule is O=[N+]([O-])c1ccc(C(O)CO)s1. The third-order valence-electron chi connectivity index (χ3n) is 1.29. The Balaban J connectivity index is 2.84. The quantitative estimate of drug-likeness (QED) is 0.541. The molecule has 1 rings (SSSR count). The molecule has 0 aliphatic carbocycles. The molecule has 66 valence electrons. The largest absolute Gasteiger partial charge is 0.393 e. The highest BCUT2D eigenvalue weighted by molar-refractivity contribution is 7.15. The van der Waals surface area contributed by atoms with Gasteiger partial charge in [-0.2, -0.15) is 0 Å². The van der Waals surface area contributed by atoms with Gasteiger partial charge < -0.3 is 10.2 Å². The van der Waals surface area contributed by atoms with E-state index in [4.69, 9.17) is 10.2 Å². The van der Waals surface area contributed by atoms with Crippen molar-refractivity contribution in [2.45, 2.75) is 6.10 Å². The van der Waals surface area contributed by atoms with E-state index in [2.05, 4.69) is 0 Å². The van der Waals surface area contributed by atoms with E-state index in [9.17, 15) is 10.1 Å². The normalized spacial score (nSPS) is 12.8. The summed E-state index contributed by atoms with van der Waals surface area (Å²) < 4.78 is 0. The fourth-order valence-electron chi connectivity index (χ4n) is 0.709. The van der Waals surface area contributed by atoms with Crippen LogP contribution in [0, 0.1) is 10.1 Å². The van der Waals surface area contributed by atoms with Gasteiger partial charge in [-0.05, 0) is 6.07 Å². The second-order valence-corrected chi connectivity index (χ2v) is 3.23. The van der Waals surface area contributed by atoms with Gasteiger partial charge in [0.05, 0.1) is 11.5 Å². The van der Waals surface area contributed by atoms with Crippen molar-refractivity contribution in [2.24, 2.45) is 0 Å². The van der Waals surface area contributed by atoms with E-state index in [-0.39, 0.29) is 5.00 Å². The first-order valence-electron chi connectivity index (χ1n) is 3.18. The maximum Gasteiger partial charge on any atom is 0.324 e. The molecule has 1 heterocycles. The van der Waals surface area contributed by atoms with Crippen LogP contribution in [0.2, 0.25) is 0 Å². The van der Waals surface area contributed by atoms with Crippen LogP contribution >= 0.6 is 11.3 Å². The lowest BCUT2D eigenvalue weighted by Crippen LogP contribution is -1.98. The number of hydrogen-bond donors (Lipinski definition) is 2. The Morgan fingerprint density at radius 2 is 2.33 bits per heavy atom. The average molecular weight is 189 g/mol. The zero-order valence-electron chi connectivity index (χ0n) is 6.01. The van der Waals surface area contributed by atoms with E-state index < -0.39 is 17.6 Å². The molecule has 0 radical (unpaired) electrons. The zero-order chi connectivity index (χ0) is 9.14. The average Bonchev–Trinajstić information content (AvgIpc) is 2.51. The summed E-state index contributed by atoms with van der Waals surface area (Å²) in [5, 5.41) is 27.8. The van der Waals surface area contributed by atoms with Gasteiger partial charge in [0.15, 0.2) is 0 Å². The van der Waals surface area contributed by atoms with Crippen molar-refractivity contribution in [1.82, 2.24) is 0 Å². The van der Waals surface area contributed by atoms with Crippen LogP contribution in [0.5, 0.6) is 0 Å². The summed E-state index contributed by atoms with van der Waals surface area (Å²) in [4.78, 5) is 10.1. The van der Waals surface area contributed by atoms with Gasteiger partial charge in [-0.25, -0.2) is 0 Å². The molecule has 1 unspecified atom stereocenters. The molecule has 5 nitrogen and oxygen atoms in total. The van der Waals surface area contributed by atoms with Gasteiger partial charge in [0.2, 0.25) is 0 Å². The van der Waals surface area contributed by atoms with E-state index in [0.717, 1.165) is 11.3 Å². The van der Waals surface area contributed by atoms with Gasteiger partial charge in [0.25, 0.3) is 0 Å². The molecule has 0 saturated heterocycles. The summed E-state index contributed by atoms with van der Waals surface area (Å²) >= 11 is 0.865. The van der Waals surface area contributed by atoms with Crippen LogP contribution in [0.4, 0.5) is 5.00 Å². The van der Waals surface area contributed by atoms with E-state index in [1.54, 1.807) is 0 Å². The minimum absolute atomic E-state index is 0.0301. The monoisotopic (exact) mass is 189 g/mol. The van der Waals surface area contributed by atoms with Gasteiger partial charge in [0, 0.05) is 10.9 Å². The first-order valence-corrected chi connectivity index (χ1v) is 4.00. The van der Waals surface area contributed by atoms with Crippen LogP contribution in [0.15, 0.2) is 12.1 Å². The Hall–Kier alpha value is -0.980. The van der Waals surface area contributed by atoms with E-state index in [0.29, 0.717) is 4.88 Å². The number of rotatable bonds is 3. The Bertz CT molecular complexity index is 285. The Labute approximate surface area is 72.0 Å². The van der Waals surface area contributed by atoms with Crippen molar-refractivity contribution in [2.75, 3.05) is 6.61 Å². The lowest BCUT2D eigenvalue weighted by Gasteiger charge is -2.00. The molecule has 0 aliphatic heterocycles. The fraction of sp³-hybridized carbons (Fsp3) is 0.333. The smallest absolute Gasteiger partial charge is 0.324 e. The molecular weight excluding hydrogens is 182 g/mol. The number of thiophene rings is 1. The van der Waals surface area contributed by atoms with Crippen LogP contribution in [0.1, 0.15) is 11.0 Å². The maximum absolute atomic E-state index is 10.2. The minimum atomic E-state index is -1.01. The van der Waals surface area contributed by atoms with E-state index in [1.807, 2.05) is 0 Å². The molecule has 6 heteroatoms. The van der Waals surface area contributed by atoms with Crippen molar-refractivity contribution in [3.05, 3.63) is 27.1 Å². The highest BCUT2D eigenvalue weighted by Crippen LogP contribution is 2.28. The Morgan fingerprint density at radius 1 is 1.67 bits per heavy atom. The van der Waals surface area contributed by atoms with Crippen LogP contribution < -0.4 is 0 Å². The number of hydrogen-bond acceptors (Lipinski definition) is 5. The number of aliphatic hydroxyl groups excluding tert-OH is 2. The molecule has 2 N–H and O–H groups in total. The van der Waals surface area contributed by atoms with E-state index in [1.165, 1.54) is 12.1 Å². The van der Waals surface area contributed by atoms with Gasteiger partial charge in [0.1, 0.15) is 6.10 Å². The topological polar surface area (TPSA) is 83.6 Å². The standard InChI is InChI=1S/C6H7NO4S/c8-3-4(9)5-1-2-6(12-5)7(10)11/h1-2,4,8-9H,3H2. The second kappa shape index (κ2) is 3.61. The summed E-state index contributed by atoms with van der Waals surface area (Å²) in [7, 11) is 0. The Kier molecular flexibility index (Phi) is 2.74. The molecule has 0 saturated carbocycles. The lowest BCUT2D eigenvalue weighted by molar-refractivity contribution is -0.380. The summed E-state index contributed by atoms with van der Waals surface area (Å²) in [6.07, 6.45) is -1.01. The molecule has 12 heavy (non-hydrogen) atoms. The van der Waals surface area contributed by atoms with Crippen LogP contribution in [0.3, 0.4) is 0 Å². The van der Waals surface area contributed by atoms with Gasteiger partial charge >= 0.3 is 5.00 Å². The zero-order valence-corrected chi connectivity index (χ0v) is 6.82. The highest BCUT2D eigenvalue weighted by Gasteiger charge is 2.14. The summed E-state index contributed by atoms with van der Waals surface area (Å²) in [5.74, 6) is 0. The van der Waals surface area contributed by atoms with Crippen molar-refractivity contribution in [3.63, 3.8) is 0 Å². The third kappa shape index (κ3) is 1.79. The predicted molar refractivity (Wildman–Crippen MR) is 43.0 cm³/mol. The summed E-state index contributed by atoms with van der Waals surface area (Å²) in [6, 6.07) is 2.74. The van der Waals surface area contributed by atoms with Gasteiger partial charge in [-0.15, -0.1) is 0 Å². The molecule has 0 aliphatic rings. The molecule has 0 amide bonds. The molecule has 0 spiro atoms. The maximum atomic E-state index is 10.2. The molecular formula is C6H7NO4S. The lowest BCUT2D eigenvalue weighted by atomic mass is 10.3. The second-order valence-electron chi connectivity index (χ2n) is 2.13. The molecule has 0 bridgehead atoms. The van der Waals surface area contributed by atoms with Gasteiger partial charge in [-0.3, -0.25) is 10.1 Å². The van der Waals surface area contributed by atoms with Gasteiger partial charge in [-0.1, -0.05) is 11.3 Å². The molecule has 0 fully saturated rings. The fourth-order valence-corrected chi connectivity index (χ4v) is 1.51. The van der Waals surface area contributed by atoms with Crippen molar-refractivity contribution < 1.29 is 15.1 Å². The van der Waals surface area contributed by atoms with Crippen LogP contribution in [0.25, 0.3) is 0 Å². The summed E-state index contributed by atoms with van der Waals surface area (Å²) in [6.45, 7) is -0.419. The number of nitrogens with zero attached hydrogens (tertiary/aromatic N) is 1. The van der Waals surface area contributed by atoms with Crippen LogP contribution in [-0.4, -0.2) is 21.7 Å². The van der Waals surface area contributed by atoms with Crippen LogP contribution in [-0.2, 0) is 0 Å². The minimum Gasteiger partial charge on any atom is -0.393 e. The molecule has 1 aromatic heterocycles. The molecule has 1 aromatic rings. The molecule has 1 atom stereocenters. The Morgan fingerprint density at radius 3 is 2.75 bits per heavy atom. The first kappa shape index (κ1) is 9.11. The first-order chi connectivity index (χ1) is 5.65. The number of nitro groups is 1.